The molecule has 4 aliphatic rings. The zero-order chi connectivity index (χ0) is 29.7. The Balaban J connectivity index is 1.05. The number of anilines is 2. The molecule has 0 spiro atoms. The lowest BCUT2D eigenvalue weighted by Crippen LogP contribution is -2.41. The molecule has 8 nitrogen and oxygen atoms in total. The number of imide groups is 1. The van der Waals surface area contributed by atoms with Gasteiger partial charge in [0, 0.05) is 17.5 Å². The van der Waals surface area contributed by atoms with Crippen molar-refractivity contribution in [3.8, 4) is 5.75 Å². The van der Waals surface area contributed by atoms with Gasteiger partial charge in [0.25, 0.3) is 5.91 Å². The lowest BCUT2D eigenvalue weighted by Gasteiger charge is -2.45. The number of nitrogens with zero attached hydrogens (tertiary/aromatic N) is 1. The molecule has 0 aromatic heterocycles. The van der Waals surface area contributed by atoms with Crippen LogP contribution in [-0.2, 0) is 19.1 Å². The van der Waals surface area contributed by atoms with Gasteiger partial charge >= 0.3 is 5.97 Å². The zero-order valence-corrected chi connectivity index (χ0v) is 23.4. The Morgan fingerprint density at radius 3 is 1.72 bits per heavy atom. The molecule has 1 aliphatic heterocycles. The summed E-state index contributed by atoms with van der Waals surface area (Å²) in [5.74, 6) is -2.29. The Morgan fingerprint density at radius 1 is 0.721 bits per heavy atom. The van der Waals surface area contributed by atoms with E-state index in [1.165, 1.54) is 17.0 Å². The van der Waals surface area contributed by atoms with Gasteiger partial charge in [-0.3, -0.25) is 14.4 Å². The van der Waals surface area contributed by atoms with Crippen LogP contribution in [0.2, 0.25) is 0 Å². The highest BCUT2D eigenvalue weighted by molar-refractivity contribution is 6.23. The molecule has 1 heterocycles. The standard InChI is InChI=1S/C35H28N2O6/c1-2-42-23-17-13-21(14-18-23)36-28(38)19-43-35(41)20-11-15-22(16-12-20)37-33(39)31-29-24-7-3-4-8-25(24)30(32(31)34(37)40)27-10-6-5-9-26(27)29/h3-18,29-32H,2,19H2,1H3,(H,36,38)/t29?,30?,31-,32-/m0/s1. The van der Waals surface area contributed by atoms with Crippen molar-refractivity contribution in [3.63, 3.8) is 0 Å². The molecule has 0 saturated carbocycles. The Kier molecular flexibility index (Phi) is 6.54. The maximum absolute atomic E-state index is 13.9. The maximum Gasteiger partial charge on any atom is 0.338 e. The van der Waals surface area contributed by atoms with Gasteiger partial charge in [-0.25, -0.2) is 9.69 Å². The molecule has 0 unspecified atom stereocenters. The molecule has 8 heteroatoms. The largest absolute Gasteiger partial charge is 0.494 e. The van der Waals surface area contributed by atoms with E-state index in [9.17, 15) is 19.2 Å². The van der Waals surface area contributed by atoms with Gasteiger partial charge in [0.05, 0.1) is 29.7 Å². The average Bonchev–Trinajstić information content (AvgIpc) is 3.31. The number of hydrogen-bond acceptors (Lipinski definition) is 6. The van der Waals surface area contributed by atoms with E-state index < -0.39 is 30.3 Å². The molecule has 4 aromatic rings. The number of carbonyl (C=O) groups excluding carboxylic acids is 4. The number of hydrogen-bond donors (Lipinski definition) is 1. The van der Waals surface area contributed by atoms with Crippen molar-refractivity contribution in [2.45, 2.75) is 18.8 Å². The first-order valence-corrected chi connectivity index (χ1v) is 14.3. The highest BCUT2D eigenvalue weighted by atomic mass is 16.5. The lowest BCUT2D eigenvalue weighted by atomic mass is 9.55. The molecule has 1 N–H and O–H groups in total. The number of nitrogens with one attached hydrogen (secondary N) is 1. The molecule has 4 aromatic carbocycles. The molecule has 214 valence electrons. The average molecular weight is 573 g/mol. The minimum Gasteiger partial charge on any atom is -0.494 e. The first-order chi connectivity index (χ1) is 21.0. The van der Waals surface area contributed by atoms with Gasteiger partial charge < -0.3 is 14.8 Å². The molecular formula is C35H28N2O6. The third-order valence-corrected chi connectivity index (χ3v) is 8.59. The van der Waals surface area contributed by atoms with Crippen molar-refractivity contribution >= 4 is 35.1 Å². The number of amides is 3. The maximum atomic E-state index is 13.9. The Morgan fingerprint density at radius 2 is 1.23 bits per heavy atom. The van der Waals surface area contributed by atoms with E-state index in [1.54, 1.807) is 36.4 Å². The summed E-state index contributed by atoms with van der Waals surface area (Å²) in [4.78, 5) is 54.1. The fourth-order valence-corrected chi connectivity index (χ4v) is 6.89. The second-order valence-corrected chi connectivity index (χ2v) is 10.9. The molecule has 2 atom stereocenters. The molecule has 3 aliphatic carbocycles. The fourth-order valence-electron chi connectivity index (χ4n) is 6.89. The SMILES string of the molecule is CCOc1ccc(NC(=O)COC(=O)c2ccc(N3C(=O)[C@H]4C5c6ccccc6C(c6ccccc65)[C@@H]4C3=O)cc2)cc1. The molecule has 1 saturated heterocycles. The highest BCUT2D eigenvalue weighted by Crippen LogP contribution is 2.61. The van der Waals surface area contributed by atoms with Crippen LogP contribution in [0, 0.1) is 11.8 Å². The monoisotopic (exact) mass is 572 g/mol. The molecule has 1 fully saturated rings. The summed E-state index contributed by atoms with van der Waals surface area (Å²) in [7, 11) is 0. The van der Waals surface area contributed by atoms with Gasteiger partial charge in [-0.2, -0.15) is 0 Å². The highest BCUT2D eigenvalue weighted by Gasteiger charge is 2.61. The topological polar surface area (TPSA) is 102 Å². The van der Waals surface area contributed by atoms with Crippen molar-refractivity contribution < 1.29 is 28.7 Å². The van der Waals surface area contributed by atoms with Gasteiger partial charge in [-0.1, -0.05) is 48.5 Å². The lowest BCUT2D eigenvalue weighted by molar-refractivity contribution is -0.122. The first kappa shape index (κ1) is 26.6. The van der Waals surface area contributed by atoms with Crippen LogP contribution in [0.15, 0.2) is 97.1 Å². The summed E-state index contributed by atoms with van der Waals surface area (Å²) in [5, 5.41) is 2.67. The van der Waals surface area contributed by atoms with Crippen LogP contribution >= 0.6 is 0 Å². The van der Waals surface area contributed by atoms with Crippen LogP contribution in [-0.4, -0.2) is 36.9 Å². The van der Waals surface area contributed by atoms with Crippen LogP contribution in [0.1, 0.15) is 51.4 Å². The first-order valence-electron chi connectivity index (χ1n) is 14.3. The third-order valence-electron chi connectivity index (χ3n) is 8.59. The summed E-state index contributed by atoms with van der Waals surface area (Å²) in [6.07, 6.45) is 0. The third kappa shape index (κ3) is 4.37. The van der Waals surface area contributed by atoms with E-state index in [4.69, 9.17) is 9.47 Å². The van der Waals surface area contributed by atoms with Crippen molar-refractivity contribution in [1.29, 1.82) is 0 Å². The number of ether oxygens (including phenoxy) is 2. The minimum atomic E-state index is -0.690. The Labute approximate surface area is 248 Å². The molecule has 8 rings (SSSR count). The smallest absolute Gasteiger partial charge is 0.338 e. The van der Waals surface area contributed by atoms with Crippen LogP contribution < -0.4 is 15.0 Å². The second kappa shape index (κ2) is 10.5. The minimum absolute atomic E-state index is 0.188. The predicted octanol–water partition coefficient (Wildman–Crippen LogP) is 5.28. The molecule has 2 bridgehead atoms. The van der Waals surface area contributed by atoms with Gasteiger partial charge in [0.15, 0.2) is 6.61 Å². The second-order valence-electron chi connectivity index (χ2n) is 10.9. The van der Waals surface area contributed by atoms with Gasteiger partial charge in [-0.15, -0.1) is 0 Å². The number of esters is 1. The predicted molar refractivity (Wildman–Crippen MR) is 159 cm³/mol. The summed E-state index contributed by atoms with van der Waals surface area (Å²) < 4.78 is 10.6. The molecule has 0 radical (unpaired) electrons. The van der Waals surface area contributed by atoms with E-state index >= 15 is 0 Å². The molecule has 3 amide bonds. The summed E-state index contributed by atoms with van der Waals surface area (Å²) in [6, 6.07) is 29.2. The fraction of sp³-hybridized carbons (Fsp3) is 0.200. The van der Waals surface area contributed by atoms with E-state index in [2.05, 4.69) is 29.6 Å². The van der Waals surface area contributed by atoms with Gasteiger partial charge in [0.2, 0.25) is 11.8 Å². The quantitative estimate of drug-likeness (QED) is 0.239. The van der Waals surface area contributed by atoms with E-state index in [0.29, 0.717) is 23.7 Å². The Hall–Kier alpha value is -5.24. The van der Waals surface area contributed by atoms with E-state index in [-0.39, 0.29) is 29.2 Å². The molecular weight excluding hydrogens is 544 g/mol. The summed E-state index contributed by atoms with van der Waals surface area (Å²) in [6.45, 7) is 1.96. The van der Waals surface area contributed by atoms with E-state index in [1.807, 2.05) is 31.2 Å². The number of benzene rings is 4. The van der Waals surface area contributed by atoms with Crippen molar-refractivity contribution in [3.05, 3.63) is 125 Å². The van der Waals surface area contributed by atoms with Gasteiger partial charge in [-0.05, 0) is 77.7 Å². The van der Waals surface area contributed by atoms with Crippen LogP contribution in [0.3, 0.4) is 0 Å². The Bertz CT molecular complexity index is 1650. The zero-order valence-electron chi connectivity index (χ0n) is 23.4. The molecule has 43 heavy (non-hydrogen) atoms. The number of rotatable bonds is 7. The summed E-state index contributed by atoms with van der Waals surface area (Å²) >= 11 is 0. The number of carbonyl (C=O) groups is 4. The van der Waals surface area contributed by atoms with Gasteiger partial charge in [0.1, 0.15) is 5.75 Å². The van der Waals surface area contributed by atoms with Crippen molar-refractivity contribution in [2.24, 2.45) is 11.8 Å². The van der Waals surface area contributed by atoms with Crippen LogP contribution in [0.4, 0.5) is 11.4 Å². The summed E-state index contributed by atoms with van der Waals surface area (Å²) in [5.41, 5.74) is 5.60. The van der Waals surface area contributed by atoms with Crippen molar-refractivity contribution in [1.82, 2.24) is 0 Å². The normalized spacial score (nSPS) is 21.1. The van der Waals surface area contributed by atoms with Crippen LogP contribution in [0.25, 0.3) is 0 Å². The van der Waals surface area contributed by atoms with Crippen molar-refractivity contribution in [2.75, 3.05) is 23.4 Å². The van der Waals surface area contributed by atoms with E-state index in [0.717, 1.165) is 22.3 Å². The van der Waals surface area contributed by atoms with Crippen LogP contribution in [0.5, 0.6) is 5.75 Å².